The van der Waals surface area contributed by atoms with Crippen LogP contribution < -0.4 is 4.72 Å². The quantitative estimate of drug-likeness (QED) is 0.828. The molecule has 1 rings (SSSR count). The van der Waals surface area contributed by atoms with Crippen LogP contribution in [0.25, 0.3) is 0 Å². The Morgan fingerprint density at radius 3 is 2.62 bits per heavy atom. The van der Waals surface area contributed by atoms with Crippen molar-refractivity contribution >= 4 is 27.3 Å². The van der Waals surface area contributed by atoms with Gasteiger partial charge in [0.15, 0.2) is 5.25 Å². The van der Waals surface area contributed by atoms with Crippen molar-refractivity contribution < 1.29 is 18.3 Å². The lowest BCUT2D eigenvalue weighted by Crippen LogP contribution is -2.36. The van der Waals surface area contributed by atoms with E-state index in [9.17, 15) is 13.2 Å². The zero-order chi connectivity index (χ0) is 12.3. The molecule has 1 atom stereocenters. The zero-order valence-electron chi connectivity index (χ0n) is 8.93. The van der Waals surface area contributed by atoms with Crippen molar-refractivity contribution in [2.24, 2.45) is 0 Å². The summed E-state index contributed by atoms with van der Waals surface area (Å²) in [6.07, 6.45) is 0. The third-order valence-corrected chi connectivity index (χ3v) is 4.74. The molecule has 0 spiro atoms. The van der Waals surface area contributed by atoms with Gasteiger partial charge < -0.3 is 5.11 Å². The van der Waals surface area contributed by atoms with E-state index in [1.807, 2.05) is 19.1 Å². The molecule has 2 N–H and O–H groups in total. The molecule has 0 radical (unpaired) electrons. The number of carbonyl (C=O) groups is 1. The molecule has 0 saturated heterocycles. The third kappa shape index (κ3) is 3.29. The van der Waals surface area contributed by atoms with Crippen LogP contribution in [0.5, 0.6) is 0 Å². The lowest BCUT2D eigenvalue weighted by Gasteiger charge is -2.08. The van der Waals surface area contributed by atoms with E-state index in [2.05, 4.69) is 4.72 Å². The monoisotopic (exact) mass is 263 g/mol. The van der Waals surface area contributed by atoms with Gasteiger partial charge in [-0.25, -0.2) is 13.1 Å². The molecule has 90 valence electrons. The van der Waals surface area contributed by atoms with Crippen LogP contribution in [0.15, 0.2) is 12.1 Å². The van der Waals surface area contributed by atoms with Crippen LogP contribution in [-0.4, -0.2) is 24.7 Å². The Morgan fingerprint density at radius 1 is 1.56 bits per heavy atom. The van der Waals surface area contributed by atoms with Gasteiger partial charge in [0.05, 0.1) is 0 Å². The summed E-state index contributed by atoms with van der Waals surface area (Å²) in [6.45, 7) is 3.20. The SMILES string of the molecule is Cc1ccc(CNS(=O)(=O)C(C)C(=O)O)s1. The number of hydrogen-bond acceptors (Lipinski definition) is 4. The first-order chi connectivity index (χ1) is 7.33. The number of hydrogen-bond donors (Lipinski definition) is 2. The lowest BCUT2D eigenvalue weighted by atomic mass is 10.4. The van der Waals surface area contributed by atoms with Crippen LogP contribution in [-0.2, 0) is 21.4 Å². The number of carboxylic acid groups (broad SMARTS) is 1. The number of carboxylic acids is 1. The molecule has 0 fully saturated rings. The summed E-state index contributed by atoms with van der Waals surface area (Å²) >= 11 is 1.47. The molecule has 0 bridgehead atoms. The maximum atomic E-state index is 11.5. The summed E-state index contributed by atoms with van der Waals surface area (Å²) in [6, 6.07) is 3.70. The van der Waals surface area contributed by atoms with Crippen LogP contribution in [0, 0.1) is 6.92 Å². The molecule has 0 aromatic carbocycles. The zero-order valence-corrected chi connectivity index (χ0v) is 10.6. The van der Waals surface area contributed by atoms with Gasteiger partial charge in [0.1, 0.15) is 0 Å². The highest BCUT2D eigenvalue weighted by Gasteiger charge is 2.27. The van der Waals surface area contributed by atoms with Gasteiger partial charge in [0.25, 0.3) is 0 Å². The van der Waals surface area contributed by atoms with E-state index >= 15 is 0 Å². The summed E-state index contributed by atoms with van der Waals surface area (Å²) in [5, 5.41) is 7.17. The van der Waals surface area contributed by atoms with E-state index in [0.717, 1.165) is 16.7 Å². The molecule has 1 unspecified atom stereocenters. The molecule has 7 heteroatoms. The second-order valence-corrected chi connectivity index (χ2v) is 6.82. The van der Waals surface area contributed by atoms with Gasteiger partial charge in [-0.15, -0.1) is 11.3 Å². The molecule has 0 amide bonds. The molecule has 0 aliphatic carbocycles. The average molecular weight is 263 g/mol. The average Bonchev–Trinajstić information content (AvgIpc) is 2.60. The predicted octanol–water partition coefficient (Wildman–Crippen LogP) is 0.949. The van der Waals surface area contributed by atoms with Crippen molar-refractivity contribution in [2.45, 2.75) is 25.6 Å². The highest BCUT2D eigenvalue weighted by Crippen LogP contribution is 2.15. The number of thiophene rings is 1. The van der Waals surface area contributed by atoms with Crippen molar-refractivity contribution in [1.29, 1.82) is 0 Å². The first kappa shape index (κ1) is 13.1. The van der Waals surface area contributed by atoms with Crippen molar-refractivity contribution in [2.75, 3.05) is 0 Å². The maximum absolute atomic E-state index is 11.5. The van der Waals surface area contributed by atoms with Gasteiger partial charge in [-0.05, 0) is 26.0 Å². The second kappa shape index (κ2) is 4.94. The summed E-state index contributed by atoms with van der Waals surface area (Å²) < 4.78 is 25.2. The largest absolute Gasteiger partial charge is 0.480 e. The lowest BCUT2D eigenvalue weighted by molar-refractivity contribution is -0.136. The Hall–Kier alpha value is -0.920. The normalized spacial score (nSPS) is 13.6. The molecule has 5 nitrogen and oxygen atoms in total. The molecule has 16 heavy (non-hydrogen) atoms. The fraction of sp³-hybridized carbons (Fsp3) is 0.444. The van der Waals surface area contributed by atoms with Crippen molar-refractivity contribution in [3.63, 3.8) is 0 Å². The van der Waals surface area contributed by atoms with Crippen molar-refractivity contribution in [1.82, 2.24) is 4.72 Å². The first-order valence-electron chi connectivity index (χ1n) is 4.59. The van der Waals surface area contributed by atoms with E-state index in [0.29, 0.717) is 0 Å². The fourth-order valence-corrected chi connectivity index (χ4v) is 2.80. The third-order valence-electron chi connectivity index (χ3n) is 2.06. The molecule has 1 heterocycles. The summed E-state index contributed by atoms with van der Waals surface area (Å²) in [5.41, 5.74) is 0. The van der Waals surface area contributed by atoms with E-state index in [4.69, 9.17) is 5.11 Å². The number of rotatable bonds is 5. The Bertz CT molecular complexity index is 477. The highest BCUT2D eigenvalue weighted by atomic mass is 32.2. The minimum Gasteiger partial charge on any atom is -0.480 e. The smallest absolute Gasteiger partial charge is 0.323 e. The molecule has 1 aromatic rings. The molecule has 0 aliphatic rings. The van der Waals surface area contributed by atoms with Crippen LogP contribution in [0.4, 0.5) is 0 Å². The van der Waals surface area contributed by atoms with Crippen LogP contribution in [0.2, 0.25) is 0 Å². The molecule has 0 aliphatic heterocycles. The number of nitrogens with one attached hydrogen (secondary N) is 1. The molecule has 0 saturated carbocycles. The number of sulfonamides is 1. The molecular weight excluding hydrogens is 250 g/mol. The minimum absolute atomic E-state index is 0.137. The topological polar surface area (TPSA) is 83.5 Å². The second-order valence-electron chi connectivity index (χ2n) is 3.36. The standard InChI is InChI=1S/C9H13NO4S2/c1-6-3-4-8(15-6)5-10-16(13,14)7(2)9(11)12/h3-4,7,10H,5H2,1-2H3,(H,11,12). The van der Waals surface area contributed by atoms with Gasteiger partial charge in [-0.2, -0.15) is 0 Å². The predicted molar refractivity (Wildman–Crippen MR) is 61.9 cm³/mol. The van der Waals surface area contributed by atoms with Gasteiger partial charge in [0, 0.05) is 16.3 Å². The summed E-state index contributed by atoms with van der Waals surface area (Å²) in [4.78, 5) is 12.5. The van der Waals surface area contributed by atoms with Gasteiger partial charge in [-0.1, -0.05) is 0 Å². The fourth-order valence-electron chi connectivity index (χ4n) is 1.01. The van der Waals surface area contributed by atoms with Gasteiger partial charge >= 0.3 is 5.97 Å². The summed E-state index contributed by atoms with van der Waals surface area (Å²) in [5.74, 6) is -1.35. The minimum atomic E-state index is -3.79. The van der Waals surface area contributed by atoms with E-state index in [1.54, 1.807) is 0 Å². The van der Waals surface area contributed by atoms with E-state index < -0.39 is 21.2 Å². The van der Waals surface area contributed by atoms with Gasteiger partial charge in [-0.3, -0.25) is 4.79 Å². The van der Waals surface area contributed by atoms with Crippen LogP contribution in [0.3, 0.4) is 0 Å². The van der Waals surface area contributed by atoms with Crippen LogP contribution >= 0.6 is 11.3 Å². The Labute approximate surface area is 98.2 Å². The maximum Gasteiger partial charge on any atom is 0.323 e. The highest BCUT2D eigenvalue weighted by molar-refractivity contribution is 7.90. The first-order valence-corrected chi connectivity index (χ1v) is 6.96. The molecule has 1 aromatic heterocycles. The number of aliphatic carboxylic acids is 1. The van der Waals surface area contributed by atoms with Crippen LogP contribution in [0.1, 0.15) is 16.7 Å². The van der Waals surface area contributed by atoms with Gasteiger partial charge in [0.2, 0.25) is 10.0 Å². The number of aryl methyl sites for hydroxylation is 1. The summed E-state index contributed by atoms with van der Waals surface area (Å²) in [7, 11) is -3.79. The van der Waals surface area contributed by atoms with E-state index in [1.165, 1.54) is 11.3 Å². The Balaban J connectivity index is 2.65. The Morgan fingerprint density at radius 2 is 2.19 bits per heavy atom. The Kier molecular flexibility index (Phi) is 4.06. The molecular formula is C9H13NO4S2. The van der Waals surface area contributed by atoms with Crippen molar-refractivity contribution in [3.05, 3.63) is 21.9 Å². The van der Waals surface area contributed by atoms with E-state index in [-0.39, 0.29) is 6.54 Å². The van der Waals surface area contributed by atoms with Crippen molar-refractivity contribution in [3.8, 4) is 0 Å².